The first kappa shape index (κ1) is 17.6. The Balaban J connectivity index is 1.48. The van der Waals surface area contributed by atoms with Crippen molar-refractivity contribution >= 4 is 17.8 Å². The van der Waals surface area contributed by atoms with Crippen LogP contribution in [-0.2, 0) is 17.9 Å². The van der Waals surface area contributed by atoms with Crippen LogP contribution in [0.3, 0.4) is 0 Å². The van der Waals surface area contributed by atoms with Crippen molar-refractivity contribution in [1.29, 1.82) is 0 Å². The molecule has 27 heavy (non-hydrogen) atoms. The second-order valence-corrected chi connectivity index (χ2v) is 7.15. The highest BCUT2D eigenvalue weighted by atomic mass is 16.5. The topological polar surface area (TPSA) is 113 Å². The summed E-state index contributed by atoms with van der Waals surface area (Å²) in [4.78, 5) is 42.6. The summed E-state index contributed by atoms with van der Waals surface area (Å²) in [5.41, 5.74) is 1.96. The number of aromatic nitrogens is 1. The van der Waals surface area contributed by atoms with Crippen LogP contribution in [0.5, 0.6) is 5.88 Å². The molecular weight excluding hydrogens is 350 g/mol. The number of pyridine rings is 1. The quantitative estimate of drug-likeness (QED) is 0.687. The zero-order valence-electron chi connectivity index (χ0n) is 15.2. The lowest BCUT2D eigenvalue weighted by molar-refractivity contribution is -0.122. The number of nitrogens with zero attached hydrogens (tertiary/aromatic N) is 2. The lowest BCUT2D eigenvalue weighted by Crippen LogP contribution is -2.42. The number of ether oxygens (including phenoxy) is 1. The first-order valence-corrected chi connectivity index (χ1v) is 9.26. The third-order valence-corrected chi connectivity index (χ3v) is 5.45. The van der Waals surface area contributed by atoms with Gasteiger partial charge in [-0.05, 0) is 18.9 Å². The predicted molar refractivity (Wildman–Crippen MR) is 95.1 cm³/mol. The normalized spacial score (nSPS) is 21.8. The highest BCUT2D eigenvalue weighted by molar-refractivity contribution is 5.98. The van der Waals surface area contributed by atoms with Gasteiger partial charge in [-0.15, -0.1) is 0 Å². The monoisotopic (exact) mass is 373 g/mol. The van der Waals surface area contributed by atoms with Crippen molar-refractivity contribution in [2.75, 3.05) is 13.7 Å². The number of carbonyl (C=O) groups is 3. The number of fused-ring (bicyclic) bond motifs is 1. The molecule has 9 heteroatoms. The number of hydrogen-bond donors (Lipinski definition) is 3. The number of nitrogens with one attached hydrogen (secondary N) is 3. The average Bonchev–Trinajstić information content (AvgIpc) is 3.40. The van der Waals surface area contributed by atoms with Gasteiger partial charge < -0.3 is 25.6 Å². The van der Waals surface area contributed by atoms with Gasteiger partial charge in [0.15, 0.2) is 0 Å². The molecule has 4 amide bonds. The molecule has 2 fully saturated rings. The largest absolute Gasteiger partial charge is 0.481 e. The molecule has 0 unspecified atom stereocenters. The van der Waals surface area contributed by atoms with Crippen LogP contribution >= 0.6 is 0 Å². The molecule has 1 saturated heterocycles. The number of rotatable bonds is 5. The van der Waals surface area contributed by atoms with Crippen LogP contribution in [0.1, 0.15) is 47.3 Å². The predicted octanol–water partition coefficient (Wildman–Crippen LogP) is 0.286. The van der Waals surface area contributed by atoms with E-state index >= 15 is 0 Å². The highest BCUT2D eigenvalue weighted by Gasteiger charge is 2.36. The minimum atomic E-state index is -0.606. The number of carbonyl (C=O) groups excluding carboxylic acids is 3. The summed E-state index contributed by atoms with van der Waals surface area (Å²) in [7, 11) is 1.52. The van der Waals surface area contributed by atoms with E-state index in [-0.39, 0.29) is 30.9 Å². The van der Waals surface area contributed by atoms with E-state index < -0.39 is 6.04 Å². The van der Waals surface area contributed by atoms with Crippen LogP contribution in [0.15, 0.2) is 6.07 Å². The Morgan fingerprint density at radius 1 is 1.37 bits per heavy atom. The number of amides is 4. The lowest BCUT2D eigenvalue weighted by Gasteiger charge is -2.22. The second kappa shape index (κ2) is 7.05. The van der Waals surface area contributed by atoms with Gasteiger partial charge in [0.25, 0.3) is 5.91 Å². The van der Waals surface area contributed by atoms with Gasteiger partial charge in [-0.1, -0.05) is 12.8 Å². The van der Waals surface area contributed by atoms with Crippen molar-refractivity contribution in [3.8, 4) is 5.88 Å². The Morgan fingerprint density at radius 2 is 2.15 bits per heavy atom. The molecule has 0 spiro atoms. The van der Waals surface area contributed by atoms with Gasteiger partial charge in [-0.2, -0.15) is 0 Å². The maximum atomic E-state index is 12.8. The molecule has 1 aromatic rings. The van der Waals surface area contributed by atoms with Gasteiger partial charge in [-0.25, -0.2) is 9.78 Å². The van der Waals surface area contributed by atoms with E-state index in [2.05, 4.69) is 20.9 Å². The summed E-state index contributed by atoms with van der Waals surface area (Å²) < 4.78 is 5.37. The van der Waals surface area contributed by atoms with E-state index in [1.165, 1.54) is 7.11 Å². The summed E-state index contributed by atoms with van der Waals surface area (Å²) in [6.45, 7) is 0.937. The summed E-state index contributed by atoms with van der Waals surface area (Å²) >= 11 is 0. The summed E-state index contributed by atoms with van der Waals surface area (Å²) in [6, 6.07) is 1.10. The highest BCUT2D eigenvalue weighted by Crippen LogP contribution is 2.33. The van der Waals surface area contributed by atoms with Crippen LogP contribution in [0.25, 0.3) is 0 Å². The minimum absolute atomic E-state index is 0.00638. The van der Waals surface area contributed by atoms with Gasteiger partial charge >= 0.3 is 6.03 Å². The van der Waals surface area contributed by atoms with Crippen LogP contribution in [0.2, 0.25) is 0 Å². The Morgan fingerprint density at radius 3 is 2.81 bits per heavy atom. The van der Waals surface area contributed by atoms with Crippen molar-refractivity contribution < 1.29 is 19.1 Å². The Hall–Kier alpha value is -2.84. The molecule has 0 radical (unpaired) electrons. The molecular formula is C18H23N5O4. The van der Waals surface area contributed by atoms with Crippen molar-refractivity contribution in [2.45, 2.75) is 50.9 Å². The Bertz CT molecular complexity index is 790. The molecule has 2 aliphatic heterocycles. The molecule has 1 saturated carbocycles. The molecule has 1 atom stereocenters. The average molecular weight is 373 g/mol. The van der Waals surface area contributed by atoms with E-state index in [0.29, 0.717) is 29.6 Å². The first-order chi connectivity index (χ1) is 13.1. The van der Waals surface area contributed by atoms with Crippen LogP contribution in [0, 0.1) is 0 Å². The lowest BCUT2D eigenvalue weighted by atomic mass is 10.1. The molecule has 4 rings (SSSR count). The van der Waals surface area contributed by atoms with Crippen LogP contribution in [0.4, 0.5) is 4.79 Å². The first-order valence-electron chi connectivity index (χ1n) is 9.26. The number of methoxy groups -OCH3 is 1. The maximum absolute atomic E-state index is 12.8. The van der Waals surface area contributed by atoms with E-state index in [0.717, 1.165) is 31.4 Å². The van der Waals surface area contributed by atoms with Crippen LogP contribution < -0.4 is 20.7 Å². The summed E-state index contributed by atoms with van der Waals surface area (Å²) in [6.07, 6.45) is 4.40. The Labute approximate surface area is 156 Å². The van der Waals surface area contributed by atoms with Crippen molar-refractivity contribution in [3.63, 3.8) is 0 Å². The standard InChI is InChI=1S/C18H23N5O4/c1-27-16-10(7-19-15(24)13-8-20-18(26)22-13)6-12-14(21-16)9-23(17(12)25)11-4-2-3-5-11/h6,11,13H,2-5,7-9H2,1H3,(H,19,24)(H2,20,22,26)/t13-/m1/s1. The molecule has 144 valence electrons. The fraction of sp³-hybridized carbons (Fsp3) is 0.556. The maximum Gasteiger partial charge on any atom is 0.315 e. The van der Waals surface area contributed by atoms with Crippen molar-refractivity contribution in [2.24, 2.45) is 0 Å². The second-order valence-electron chi connectivity index (χ2n) is 7.15. The van der Waals surface area contributed by atoms with E-state index in [1.807, 2.05) is 4.90 Å². The van der Waals surface area contributed by atoms with Gasteiger partial charge in [0, 0.05) is 24.7 Å². The van der Waals surface area contributed by atoms with Gasteiger partial charge in [0.1, 0.15) is 6.04 Å². The Kier molecular flexibility index (Phi) is 4.59. The third-order valence-electron chi connectivity index (χ3n) is 5.45. The molecule has 3 heterocycles. The van der Waals surface area contributed by atoms with Gasteiger partial charge in [0.2, 0.25) is 11.8 Å². The van der Waals surface area contributed by atoms with Crippen molar-refractivity contribution in [3.05, 3.63) is 22.9 Å². The number of urea groups is 1. The van der Waals surface area contributed by atoms with E-state index in [4.69, 9.17) is 4.74 Å². The van der Waals surface area contributed by atoms with Gasteiger partial charge in [-0.3, -0.25) is 9.59 Å². The molecule has 1 aromatic heterocycles. The van der Waals surface area contributed by atoms with E-state index in [1.54, 1.807) is 6.07 Å². The zero-order chi connectivity index (χ0) is 19.0. The molecule has 0 bridgehead atoms. The van der Waals surface area contributed by atoms with Gasteiger partial charge in [0.05, 0.1) is 24.9 Å². The fourth-order valence-corrected chi connectivity index (χ4v) is 4.00. The van der Waals surface area contributed by atoms with E-state index in [9.17, 15) is 14.4 Å². The summed E-state index contributed by atoms with van der Waals surface area (Å²) in [5, 5.41) is 7.85. The molecule has 3 aliphatic rings. The third kappa shape index (κ3) is 3.29. The van der Waals surface area contributed by atoms with Crippen LogP contribution in [-0.4, -0.2) is 53.5 Å². The zero-order valence-corrected chi connectivity index (χ0v) is 15.2. The molecule has 3 N–H and O–H groups in total. The fourth-order valence-electron chi connectivity index (χ4n) is 4.00. The minimum Gasteiger partial charge on any atom is -0.481 e. The number of hydrogen-bond acceptors (Lipinski definition) is 5. The molecule has 1 aliphatic carbocycles. The van der Waals surface area contributed by atoms with Crippen molar-refractivity contribution in [1.82, 2.24) is 25.8 Å². The SMILES string of the molecule is COc1nc2c(cc1CNC(=O)[C@H]1CNC(=O)N1)C(=O)N(C1CCCC1)C2. The molecule has 0 aromatic carbocycles. The smallest absolute Gasteiger partial charge is 0.315 e. The summed E-state index contributed by atoms with van der Waals surface area (Å²) in [5.74, 6) is 0.116. The molecule has 9 nitrogen and oxygen atoms in total.